The SMILES string of the molecule is Cc1cc(N(CCCl)CCCl)ccc1/C=N\NC(=O)[C@@H](Cc1ccc2c(c1)OCCO2)c1ccccc1. The van der Waals surface area contributed by atoms with Crippen LogP contribution in [0, 0.1) is 6.92 Å². The third-order valence-electron chi connectivity index (χ3n) is 6.27. The molecule has 0 fully saturated rings. The standard InChI is InChI=1S/C29H31Cl2N3O3/c1-21-17-25(34(13-11-30)14-12-31)9-8-24(21)20-32-33-29(35)26(23-5-3-2-4-6-23)18-22-7-10-27-28(19-22)37-16-15-36-27/h2-10,17,19-20,26H,11-16,18H2,1H3,(H,33,35)/b32-20-/t26-/m0/s1. The number of benzene rings is 3. The maximum atomic E-state index is 13.3. The van der Waals surface area contributed by atoms with Gasteiger partial charge in [-0.1, -0.05) is 42.5 Å². The first kappa shape index (κ1) is 26.8. The highest BCUT2D eigenvalue weighted by atomic mass is 35.5. The van der Waals surface area contributed by atoms with Gasteiger partial charge in [0.2, 0.25) is 5.91 Å². The van der Waals surface area contributed by atoms with E-state index in [2.05, 4.69) is 21.5 Å². The zero-order chi connectivity index (χ0) is 26.0. The van der Waals surface area contributed by atoms with Gasteiger partial charge in [-0.3, -0.25) is 4.79 Å². The Morgan fingerprint density at radius 1 is 1.00 bits per heavy atom. The van der Waals surface area contributed by atoms with Crippen LogP contribution < -0.4 is 19.8 Å². The monoisotopic (exact) mass is 539 g/mol. The fraction of sp³-hybridized carbons (Fsp3) is 0.310. The summed E-state index contributed by atoms with van der Waals surface area (Å²) in [6.07, 6.45) is 2.18. The lowest BCUT2D eigenvalue weighted by atomic mass is 9.91. The fourth-order valence-corrected chi connectivity index (χ4v) is 4.72. The molecule has 3 aromatic rings. The molecule has 0 spiro atoms. The van der Waals surface area contributed by atoms with Gasteiger partial charge in [0.25, 0.3) is 0 Å². The molecule has 0 saturated heterocycles. The second-order valence-corrected chi connectivity index (χ2v) is 9.54. The van der Waals surface area contributed by atoms with Crippen LogP contribution in [0.3, 0.4) is 0 Å². The molecule has 0 aromatic heterocycles. The van der Waals surface area contributed by atoms with Crippen LogP contribution in [-0.2, 0) is 11.2 Å². The topological polar surface area (TPSA) is 63.2 Å². The first-order valence-electron chi connectivity index (χ1n) is 12.3. The Bertz CT molecular complexity index is 1210. The zero-order valence-corrected chi connectivity index (χ0v) is 22.3. The lowest BCUT2D eigenvalue weighted by Gasteiger charge is -2.23. The van der Waals surface area contributed by atoms with Crippen molar-refractivity contribution < 1.29 is 14.3 Å². The second kappa shape index (κ2) is 13.4. The summed E-state index contributed by atoms with van der Waals surface area (Å²) in [7, 11) is 0. The molecule has 37 heavy (non-hydrogen) atoms. The van der Waals surface area contributed by atoms with Crippen LogP contribution in [0.2, 0.25) is 0 Å². The average molecular weight is 540 g/mol. The predicted octanol–water partition coefficient (Wildman–Crippen LogP) is 5.53. The number of anilines is 1. The molecular weight excluding hydrogens is 509 g/mol. The van der Waals surface area contributed by atoms with Crippen molar-refractivity contribution in [2.45, 2.75) is 19.3 Å². The number of nitrogens with one attached hydrogen (secondary N) is 1. The molecule has 1 N–H and O–H groups in total. The first-order chi connectivity index (χ1) is 18.1. The Morgan fingerprint density at radius 3 is 2.43 bits per heavy atom. The molecule has 1 atom stereocenters. The first-order valence-corrected chi connectivity index (χ1v) is 13.4. The molecule has 6 nitrogen and oxygen atoms in total. The van der Waals surface area contributed by atoms with Crippen LogP contribution in [0.4, 0.5) is 5.69 Å². The maximum absolute atomic E-state index is 13.3. The Hall–Kier alpha value is -3.22. The van der Waals surface area contributed by atoms with Crippen molar-refractivity contribution in [1.82, 2.24) is 5.43 Å². The van der Waals surface area contributed by atoms with E-state index in [9.17, 15) is 4.79 Å². The highest BCUT2D eigenvalue weighted by Crippen LogP contribution is 2.32. The van der Waals surface area contributed by atoms with Gasteiger partial charge >= 0.3 is 0 Å². The molecule has 1 aliphatic rings. The smallest absolute Gasteiger partial charge is 0.247 e. The van der Waals surface area contributed by atoms with Crippen molar-refractivity contribution in [2.24, 2.45) is 5.10 Å². The molecule has 0 aliphatic carbocycles. The lowest BCUT2D eigenvalue weighted by molar-refractivity contribution is -0.122. The Kier molecular flexibility index (Phi) is 9.69. The number of halogens is 2. The lowest BCUT2D eigenvalue weighted by Crippen LogP contribution is -2.27. The minimum absolute atomic E-state index is 0.179. The number of amides is 1. The van der Waals surface area contributed by atoms with E-state index in [0.29, 0.717) is 37.1 Å². The largest absolute Gasteiger partial charge is 0.486 e. The minimum Gasteiger partial charge on any atom is -0.486 e. The molecular formula is C29H31Cl2N3O3. The van der Waals surface area contributed by atoms with Gasteiger partial charge in [0.1, 0.15) is 13.2 Å². The van der Waals surface area contributed by atoms with Crippen molar-refractivity contribution in [3.8, 4) is 11.5 Å². The van der Waals surface area contributed by atoms with Gasteiger partial charge in [-0.2, -0.15) is 5.10 Å². The number of ether oxygens (including phenoxy) is 2. The number of hydrazone groups is 1. The summed E-state index contributed by atoms with van der Waals surface area (Å²) in [5.74, 6) is 1.91. The summed E-state index contributed by atoms with van der Waals surface area (Å²) in [5.41, 5.74) is 7.68. The van der Waals surface area contributed by atoms with Crippen molar-refractivity contribution in [2.75, 3.05) is 43.0 Å². The summed E-state index contributed by atoms with van der Waals surface area (Å²) in [6, 6.07) is 21.6. The van der Waals surface area contributed by atoms with Crippen LogP contribution in [0.15, 0.2) is 71.8 Å². The molecule has 194 valence electrons. The summed E-state index contributed by atoms with van der Waals surface area (Å²) in [5, 5.41) is 4.28. The maximum Gasteiger partial charge on any atom is 0.247 e. The zero-order valence-electron chi connectivity index (χ0n) is 20.8. The number of carbonyl (C=O) groups excluding carboxylic acids is 1. The van der Waals surface area contributed by atoms with E-state index < -0.39 is 5.92 Å². The normalized spacial score (nSPS) is 13.4. The summed E-state index contributed by atoms with van der Waals surface area (Å²) in [4.78, 5) is 15.4. The molecule has 3 aromatic carbocycles. The molecule has 0 bridgehead atoms. The number of hydrogen-bond donors (Lipinski definition) is 1. The summed E-state index contributed by atoms with van der Waals surface area (Å²) >= 11 is 11.9. The van der Waals surface area contributed by atoms with Crippen LogP contribution in [-0.4, -0.2) is 50.2 Å². The number of rotatable bonds is 11. The molecule has 8 heteroatoms. The van der Waals surface area contributed by atoms with Gasteiger partial charge in [-0.05, 0) is 59.9 Å². The molecule has 0 radical (unpaired) electrons. The van der Waals surface area contributed by atoms with Gasteiger partial charge in [-0.25, -0.2) is 5.43 Å². The van der Waals surface area contributed by atoms with Gasteiger partial charge in [0.05, 0.1) is 12.1 Å². The van der Waals surface area contributed by atoms with Crippen molar-refractivity contribution in [3.63, 3.8) is 0 Å². The quantitative estimate of drug-likeness (QED) is 0.198. The highest BCUT2D eigenvalue weighted by Gasteiger charge is 2.22. The van der Waals surface area contributed by atoms with E-state index in [0.717, 1.165) is 46.8 Å². The molecule has 0 unspecified atom stereocenters. The van der Waals surface area contributed by atoms with E-state index in [-0.39, 0.29) is 5.91 Å². The van der Waals surface area contributed by atoms with Gasteiger partial charge in [-0.15, -0.1) is 23.2 Å². The van der Waals surface area contributed by atoms with E-state index in [1.807, 2.05) is 67.6 Å². The van der Waals surface area contributed by atoms with Gasteiger partial charge in [0.15, 0.2) is 11.5 Å². The van der Waals surface area contributed by atoms with Crippen LogP contribution in [0.1, 0.15) is 28.2 Å². The number of alkyl halides is 2. The Morgan fingerprint density at radius 2 is 1.73 bits per heavy atom. The van der Waals surface area contributed by atoms with Crippen LogP contribution in [0.5, 0.6) is 11.5 Å². The number of fused-ring (bicyclic) bond motifs is 1. The third kappa shape index (κ3) is 7.18. The molecule has 0 saturated carbocycles. The van der Waals surface area contributed by atoms with Crippen molar-refractivity contribution in [3.05, 3.63) is 89.0 Å². The number of carbonyl (C=O) groups is 1. The summed E-state index contributed by atoms with van der Waals surface area (Å²) < 4.78 is 11.3. The predicted molar refractivity (Wildman–Crippen MR) is 151 cm³/mol. The number of aryl methyl sites for hydroxylation is 1. The van der Waals surface area contributed by atoms with Crippen molar-refractivity contribution in [1.29, 1.82) is 0 Å². The Balaban J connectivity index is 1.47. The minimum atomic E-state index is -0.413. The second-order valence-electron chi connectivity index (χ2n) is 8.79. The Labute approximate surface area is 228 Å². The van der Waals surface area contributed by atoms with E-state index >= 15 is 0 Å². The van der Waals surface area contributed by atoms with E-state index in [1.165, 1.54) is 0 Å². The average Bonchev–Trinajstić information content (AvgIpc) is 2.92. The fourth-order valence-electron chi connectivity index (χ4n) is 4.32. The van der Waals surface area contributed by atoms with Crippen LogP contribution in [0.25, 0.3) is 0 Å². The summed E-state index contributed by atoms with van der Waals surface area (Å²) in [6.45, 7) is 4.52. The molecule has 1 amide bonds. The van der Waals surface area contributed by atoms with Crippen LogP contribution >= 0.6 is 23.2 Å². The van der Waals surface area contributed by atoms with Crippen molar-refractivity contribution >= 4 is 41.0 Å². The number of hydrogen-bond acceptors (Lipinski definition) is 5. The van der Waals surface area contributed by atoms with Gasteiger partial charge in [0, 0.05) is 30.5 Å². The molecule has 1 heterocycles. The van der Waals surface area contributed by atoms with Gasteiger partial charge < -0.3 is 14.4 Å². The molecule has 4 rings (SSSR count). The highest BCUT2D eigenvalue weighted by molar-refractivity contribution is 6.18. The van der Waals surface area contributed by atoms with E-state index in [4.69, 9.17) is 32.7 Å². The third-order valence-corrected chi connectivity index (χ3v) is 6.61. The van der Waals surface area contributed by atoms with E-state index in [1.54, 1.807) is 6.21 Å². The molecule has 1 aliphatic heterocycles. The number of nitrogens with zero attached hydrogens (tertiary/aromatic N) is 2.